The maximum atomic E-state index is 5.43. The van der Waals surface area contributed by atoms with Crippen LogP contribution in [0.4, 0.5) is 5.88 Å². The Morgan fingerprint density at radius 1 is 1.13 bits per heavy atom. The summed E-state index contributed by atoms with van der Waals surface area (Å²) in [5, 5.41) is 3.86. The van der Waals surface area contributed by atoms with Gasteiger partial charge in [0.2, 0.25) is 5.88 Å². The van der Waals surface area contributed by atoms with Crippen molar-refractivity contribution in [3.8, 4) is 0 Å². The summed E-state index contributed by atoms with van der Waals surface area (Å²) in [7, 11) is 0. The van der Waals surface area contributed by atoms with Gasteiger partial charge in [-0.05, 0) is 12.8 Å². The van der Waals surface area contributed by atoms with Gasteiger partial charge in [0.1, 0.15) is 0 Å². The van der Waals surface area contributed by atoms with Crippen molar-refractivity contribution in [2.24, 2.45) is 0 Å². The Morgan fingerprint density at radius 2 is 1.80 bits per heavy atom. The molecule has 0 amide bonds. The normalized spacial score (nSPS) is 10.7. The molecule has 15 heavy (non-hydrogen) atoms. The molecule has 1 rings (SSSR count). The summed E-state index contributed by atoms with van der Waals surface area (Å²) >= 11 is 0. The lowest BCUT2D eigenvalue weighted by Crippen LogP contribution is -1.86. The molecule has 0 aromatic carbocycles. The van der Waals surface area contributed by atoms with Crippen molar-refractivity contribution in [2.45, 2.75) is 58.3 Å². The molecule has 0 saturated heterocycles. The van der Waals surface area contributed by atoms with Gasteiger partial charge in [-0.1, -0.05) is 50.6 Å². The molecule has 0 atom stereocenters. The minimum Gasteiger partial charge on any atom is -0.368 e. The fraction of sp³-hybridized carbons (Fsp3) is 0.750. The van der Waals surface area contributed by atoms with E-state index in [0.717, 1.165) is 12.1 Å². The summed E-state index contributed by atoms with van der Waals surface area (Å²) in [4.78, 5) is 0. The van der Waals surface area contributed by atoms with Crippen LogP contribution in [0.1, 0.15) is 57.6 Å². The Morgan fingerprint density at radius 3 is 2.40 bits per heavy atom. The first-order chi connectivity index (χ1) is 7.33. The predicted molar refractivity (Wildman–Crippen MR) is 62.6 cm³/mol. The standard InChI is InChI=1S/C12H22N2O/c1-2-3-4-5-6-7-8-9-11-10-12(13)15-14-11/h10H,2-9,13H2,1H3. The van der Waals surface area contributed by atoms with Crippen LogP contribution in [-0.2, 0) is 6.42 Å². The molecule has 0 aliphatic rings. The van der Waals surface area contributed by atoms with Crippen molar-refractivity contribution < 1.29 is 4.52 Å². The van der Waals surface area contributed by atoms with Crippen LogP contribution in [0.3, 0.4) is 0 Å². The predicted octanol–water partition coefficient (Wildman–Crippen LogP) is 3.55. The van der Waals surface area contributed by atoms with E-state index in [4.69, 9.17) is 10.3 Å². The molecule has 0 bridgehead atoms. The van der Waals surface area contributed by atoms with Crippen molar-refractivity contribution >= 4 is 5.88 Å². The highest BCUT2D eigenvalue weighted by molar-refractivity contribution is 5.24. The molecule has 1 aromatic heterocycles. The van der Waals surface area contributed by atoms with Crippen molar-refractivity contribution in [1.82, 2.24) is 5.16 Å². The number of nitrogens with two attached hydrogens (primary N) is 1. The van der Waals surface area contributed by atoms with Gasteiger partial charge in [-0.25, -0.2) is 0 Å². The van der Waals surface area contributed by atoms with E-state index in [1.165, 1.54) is 44.9 Å². The molecule has 0 aliphatic carbocycles. The lowest BCUT2D eigenvalue weighted by Gasteiger charge is -1.99. The van der Waals surface area contributed by atoms with Gasteiger partial charge in [-0.15, -0.1) is 0 Å². The molecule has 3 heteroatoms. The number of anilines is 1. The maximum Gasteiger partial charge on any atom is 0.222 e. The zero-order valence-electron chi connectivity index (χ0n) is 9.67. The van der Waals surface area contributed by atoms with Crippen LogP contribution < -0.4 is 5.73 Å². The topological polar surface area (TPSA) is 52.0 Å². The third-order valence-electron chi connectivity index (χ3n) is 2.61. The van der Waals surface area contributed by atoms with E-state index in [1.807, 2.05) is 6.07 Å². The average Bonchev–Trinajstić information content (AvgIpc) is 2.63. The highest BCUT2D eigenvalue weighted by Gasteiger charge is 1.99. The number of hydrogen-bond donors (Lipinski definition) is 1. The summed E-state index contributed by atoms with van der Waals surface area (Å²) in [5.41, 5.74) is 6.42. The van der Waals surface area contributed by atoms with Crippen LogP contribution in [-0.4, -0.2) is 5.16 Å². The van der Waals surface area contributed by atoms with E-state index in [9.17, 15) is 0 Å². The van der Waals surface area contributed by atoms with Gasteiger partial charge in [0.05, 0.1) is 5.69 Å². The van der Waals surface area contributed by atoms with Crippen LogP contribution in [0.25, 0.3) is 0 Å². The van der Waals surface area contributed by atoms with E-state index < -0.39 is 0 Å². The van der Waals surface area contributed by atoms with E-state index in [2.05, 4.69) is 12.1 Å². The molecule has 3 nitrogen and oxygen atoms in total. The zero-order valence-corrected chi connectivity index (χ0v) is 9.67. The summed E-state index contributed by atoms with van der Waals surface area (Å²) in [6.45, 7) is 2.25. The van der Waals surface area contributed by atoms with E-state index >= 15 is 0 Å². The van der Waals surface area contributed by atoms with Crippen LogP contribution in [0, 0.1) is 0 Å². The highest BCUT2D eigenvalue weighted by Crippen LogP contribution is 2.11. The number of aryl methyl sites for hydroxylation is 1. The van der Waals surface area contributed by atoms with Gasteiger partial charge in [0.25, 0.3) is 0 Å². The van der Waals surface area contributed by atoms with Gasteiger partial charge in [0, 0.05) is 6.07 Å². The summed E-state index contributed by atoms with van der Waals surface area (Å²) in [6, 6.07) is 1.82. The Labute approximate surface area is 92.0 Å². The summed E-state index contributed by atoms with van der Waals surface area (Å²) in [5.74, 6) is 0.424. The van der Waals surface area contributed by atoms with Crippen molar-refractivity contribution in [3.05, 3.63) is 11.8 Å². The average molecular weight is 210 g/mol. The van der Waals surface area contributed by atoms with Crippen molar-refractivity contribution in [3.63, 3.8) is 0 Å². The molecule has 0 aliphatic heterocycles. The number of hydrogen-bond acceptors (Lipinski definition) is 3. The summed E-state index contributed by atoms with van der Waals surface area (Å²) in [6.07, 6.45) is 10.3. The smallest absolute Gasteiger partial charge is 0.222 e. The van der Waals surface area contributed by atoms with Gasteiger partial charge < -0.3 is 10.3 Å². The molecule has 1 heterocycles. The monoisotopic (exact) mass is 210 g/mol. The highest BCUT2D eigenvalue weighted by atomic mass is 16.5. The molecular weight excluding hydrogens is 188 g/mol. The number of nitrogens with zero attached hydrogens (tertiary/aromatic N) is 1. The molecule has 2 N–H and O–H groups in total. The molecule has 1 aromatic rings. The van der Waals surface area contributed by atoms with Crippen LogP contribution in [0.5, 0.6) is 0 Å². The Balaban J connectivity index is 1.93. The molecule has 0 unspecified atom stereocenters. The second-order valence-electron chi connectivity index (χ2n) is 4.09. The van der Waals surface area contributed by atoms with Crippen LogP contribution >= 0.6 is 0 Å². The molecular formula is C12H22N2O. The van der Waals surface area contributed by atoms with Gasteiger partial charge >= 0.3 is 0 Å². The van der Waals surface area contributed by atoms with Crippen LogP contribution in [0.2, 0.25) is 0 Å². The molecule has 0 saturated carbocycles. The Bertz CT molecular complexity index is 258. The van der Waals surface area contributed by atoms with E-state index in [0.29, 0.717) is 5.88 Å². The Hall–Kier alpha value is -0.990. The lowest BCUT2D eigenvalue weighted by molar-refractivity contribution is 0.425. The van der Waals surface area contributed by atoms with Gasteiger partial charge in [0.15, 0.2) is 0 Å². The SMILES string of the molecule is CCCCCCCCCc1cc(N)on1. The summed E-state index contributed by atoms with van der Waals surface area (Å²) < 4.78 is 4.80. The third-order valence-corrected chi connectivity index (χ3v) is 2.61. The fourth-order valence-electron chi connectivity index (χ4n) is 1.71. The molecule has 0 fully saturated rings. The third kappa shape index (κ3) is 5.45. The van der Waals surface area contributed by atoms with E-state index in [-0.39, 0.29) is 0 Å². The Kier molecular flexibility index (Phi) is 5.90. The lowest BCUT2D eigenvalue weighted by atomic mass is 10.1. The van der Waals surface area contributed by atoms with E-state index in [1.54, 1.807) is 0 Å². The zero-order chi connectivity index (χ0) is 10.9. The van der Waals surface area contributed by atoms with Crippen LogP contribution in [0.15, 0.2) is 10.6 Å². The van der Waals surface area contributed by atoms with Gasteiger partial charge in [-0.2, -0.15) is 0 Å². The van der Waals surface area contributed by atoms with Crippen molar-refractivity contribution in [1.29, 1.82) is 0 Å². The second-order valence-corrected chi connectivity index (χ2v) is 4.09. The largest absolute Gasteiger partial charge is 0.368 e. The molecule has 0 radical (unpaired) electrons. The second kappa shape index (κ2) is 7.32. The number of nitrogen functional groups attached to an aromatic ring is 1. The number of rotatable bonds is 8. The minimum absolute atomic E-state index is 0.424. The fourth-order valence-corrected chi connectivity index (χ4v) is 1.71. The molecule has 0 spiro atoms. The molecule has 86 valence electrons. The number of unbranched alkanes of at least 4 members (excludes halogenated alkanes) is 6. The maximum absolute atomic E-state index is 5.43. The first kappa shape index (κ1) is 12.1. The first-order valence-electron chi connectivity index (χ1n) is 6.04. The first-order valence-corrected chi connectivity index (χ1v) is 6.04. The number of aromatic nitrogens is 1. The van der Waals surface area contributed by atoms with Crippen molar-refractivity contribution in [2.75, 3.05) is 5.73 Å². The quantitative estimate of drug-likeness (QED) is 0.667. The minimum atomic E-state index is 0.424. The van der Waals surface area contributed by atoms with Gasteiger partial charge in [-0.3, -0.25) is 0 Å².